The van der Waals surface area contributed by atoms with Crippen LogP contribution in [-0.2, 0) is 62.8 Å². The van der Waals surface area contributed by atoms with Crippen LogP contribution in [0.25, 0.3) is 0 Å². The number of carbonyl (C=O) groups excluding carboxylic acids is 2. The van der Waals surface area contributed by atoms with E-state index in [4.69, 9.17) is 47.7 Å². The van der Waals surface area contributed by atoms with Crippen molar-refractivity contribution >= 4 is 62.9 Å². The molecule has 0 aliphatic carbocycles. The maximum Gasteiger partial charge on any atom is 0.407 e. The number of carbonyl (C=O) groups is 2. The van der Waals surface area contributed by atoms with E-state index < -0.39 is 46.3 Å². The lowest BCUT2D eigenvalue weighted by Gasteiger charge is -2.35. The average Bonchev–Trinajstić information content (AvgIpc) is 1.34. The van der Waals surface area contributed by atoms with E-state index in [1.807, 2.05) is 203 Å². The third-order valence-corrected chi connectivity index (χ3v) is 27.0. The van der Waals surface area contributed by atoms with E-state index in [1.165, 1.54) is 0 Å². The zero-order chi connectivity index (χ0) is 94.5. The SMILES string of the molecule is CC(C)(C)OC(=O)NCCCC[C@H]1CNCCNCCN1.CCOP(C)(=O)c1cc(C#Cc2ccc(C)cc2)cc(CN2CCN(Cc3cc(C#Cc4ccc(OC)cc4)cc(P(C)(C)=O)n3)CCN(Cc3cc(C#Cc4ccc(OC)cc4)cc(P(C)(C)=O)n3)[C@@H](CCCCNC(=O)OC(C)(C)C)C2)n1.CCOP(C)(=O)c1cc(C#Cc2ccc(OC)cc2)cc(CC)n1. The lowest BCUT2D eigenvalue weighted by molar-refractivity contribution is 0.0515. The summed E-state index contributed by atoms with van der Waals surface area (Å²) < 4.78 is 92.6. The molecule has 0 bridgehead atoms. The van der Waals surface area contributed by atoms with Crippen molar-refractivity contribution in [3.63, 3.8) is 0 Å². The number of hydrogen-bond acceptors (Lipinski definition) is 23. The van der Waals surface area contributed by atoms with Gasteiger partial charge in [0.2, 0.25) is 14.7 Å². The van der Waals surface area contributed by atoms with Crippen LogP contribution in [0.3, 0.4) is 0 Å². The molecule has 4 aromatic heterocycles. The van der Waals surface area contributed by atoms with Gasteiger partial charge in [0.05, 0.1) is 51.6 Å². The van der Waals surface area contributed by atoms with Crippen molar-refractivity contribution in [3.8, 4) is 64.6 Å². The normalized spacial score (nSPS) is 15.7. The molecule has 10 rings (SSSR count). The van der Waals surface area contributed by atoms with Gasteiger partial charge in [-0.15, -0.1) is 0 Å². The second-order valence-electron chi connectivity index (χ2n) is 35.0. The number of aryl methyl sites for hydroxylation is 2. The van der Waals surface area contributed by atoms with E-state index in [-0.39, 0.29) is 18.7 Å². The van der Waals surface area contributed by atoms with Crippen LogP contribution in [0.1, 0.15) is 174 Å². The van der Waals surface area contributed by atoms with Crippen LogP contribution in [0.15, 0.2) is 146 Å². The van der Waals surface area contributed by atoms with E-state index in [0.29, 0.717) is 129 Å². The Morgan fingerprint density at radius 1 is 0.431 bits per heavy atom. The Morgan fingerprint density at radius 2 is 0.785 bits per heavy atom. The first-order valence-electron chi connectivity index (χ1n) is 44.7. The Morgan fingerprint density at radius 3 is 1.20 bits per heavy atom. The van der Waals surface area contributed by atoms with Gasteiger partial charge in [0.15, 0.2) is 0 Å². The van der Waals surface area contributed by atoms with Crippen molar-refractivity contribution in [1.29, 1.82) is 0 Å². The molecule has 2 fully saturated rings. The Bertz CT molecular complexity index is 5470. The molecule has 29 heteroatoms. The quantitative estimate of drug-likeness (QED) is 0.0173. The molecule has 5 N–H and O–H groups in total. The van der Waals surface area contributed by atoms with Crippen LogP contribution < -0.4 is 62.5 Å². The van der Waals surface area contributed by atoms with Crippen LogP contribution in [0.4, 0.5) is 9.59 Å². The van der Waals surface area contributed by atoms with E-state index in [2.05, 4.69) is 93.6 Å². The van der Waals surface area contributed by atoms with Crippen LogP contribution in [0.2, 0.25) is 0 Å². The molecule has 0 saturated carbocycles. The number of benzene rings is 4. The minimum absolute atomic E-state index is 0.0761. The third kappa shape index (κ3) is 38.6. The number of hydrogen-bond donors (Lipinski definition) is 5. The number of amides is 2. The highest BCUT2D eigenvalue weighted by molar-refractivity contribution is 7.70. The van der Waals surface area contributed by atoms with Gasteiger partial charge in [0.1, 0.15) is 64.5 Å². The van der Waals surface area contributed by atoms with Crippen molar-refractivity contribution in [3.05, 3.63) is 218 Å². The van der Waals surface area contributed by atoms with E-state index >= 15 is 0 Å². The molecule has 6 heterocycles. The number of aromatic nitrogens is 4. The van der Waals surface area contributed by atoms with Gasteiger partial charge in [0.25, 0.3) is 0 Å². The second-order valence-corrected chi connectivity index (χ2v) is 46.2. The average molecular weight is 1850 g/mol. The van der Waals surface area contributed by atoms with Crippen LogP contribution in [0, 0.1) is 54.3 Å². The number of unbranched alkanes of at least 4 members (excludes halogenated alkanes) is 2. The molecular formula is C101H136N12O13P4. The monoisotopic (exact) mass is 1850 g/mol. The fraction of sp³-hybridized carbons (Fsp3) is 0.465. The number of nitrogens with one attached hydrogen (secondary N) is 5. The van der Waals surface area contributed by atoms with Gasteiger partial charge in [-0.2, -0.15) is 0 Å². The largest absolute Gasteiger partial charge is 0.497 e. The first-order chi connectivity index (χ1) is 61.8. The van der Waals surface area contributed by atoms with Crippen molar-refractivity contribution in [2.75, 3.05) is 153 Å². The summed E-state index contributed by atoms with van der Waals surface area (Å²) in [5, 5.41) is 16.1. The minimum Gasteiger partial charge on any atom is -0.497 e. The van der Waals surface area contributed by atoms with Crippen molar-refractivity contribution in [1.82, 2.24) is 61.2 Å². The Balaban J connectivity index is 0.000000373. The second kappa shape index (κ2) is 51.9. The summed E-state index contributed by atoms with van der Waals surface area (Å²) >= 11 is 0. The maximum absolute atomic E-state index is 14.3. The number of alkyl carbamates (subject to hydrolysis) is 2. The summed E-state index contributed by atoms with van der Waals surface area (Å²) in [5.41, 5.74) is 11.1. The molecule has 0 radical (unpaired) electrons. The molecule has 2 aliphatic heterocycles. The first-order valence-corrected chi connectivity index (χ1v) is 54.1. The Kier molecular flexibility index (Phi) is 42.2. The number of ether oxygens (including phenoxy) is 5. The smallest absolute Gasteiger partial charge is 0.407 e. The van der Waals surface area contributed by atoms with Gasteiger partial charge >= 0.3 is 12.2 Å². The Labute approximate surface area is 773 Å². The highest BCUT2D eigenvalue weighted by Crippen LogP contribution is 2.42. The van der Waals surface area contributed by atoms with Crippen LogP contribution >= 0.6 is 29.0 Å². The molecular weight excluding hydrogens is 1710 g/mol. The van der Waals surface area contributed by atoms with Crippen LogP contribution in [0.5, 0.6) is 17.2 Å². The maximum atomic E-state index is 14.3. The number of methoxy groups -OCH3 is 3. The van der Waals surface area contributed by atoms with E-state index in [1.54, 1.807) is 73.5 Å². The summed E-state index contributed by atoms with van der Waals surface area (Å²) in [4.78, 5) is 51.2. The number of pyridine rings is 4. The third-order valence-electron chi connectivity index (χ3n) is 20.7. The lowest BCUT2D eigenvalue weighted by Crippen LogP contribution is -2.45. The molecule has 130 heavy (non-hydrogen) atoms. The molecule has 4 atom stereocenters. The topological polar surface area (TPSA) is 288 Å². The molecule has 2 aliphatic rings. The number of nitrogens with zero attached hydrogens (tertiary/aromatic N) is 7. The molecule has 8 aromatic rings. The standard InChI is InChI=1S/C67H82N7O8P3.C19H22NO3P.C15H32N4O2/c1-13-81-85(12,78)65-45-56(26-21-51-19-17-50(2)18-20-51)41-58(71-65)47-73-37-36-72(46-57-40-54(43-63(69-57)83(8,9)76)24-22-52-27-31-61(79-6)32-28-52)38-39-74(60(49-73)16-14-15-35-68-66(75)82-67(3,4)5)48-59-42-55(44-64(70-59)84(10,11)77)25-23-53-29-33-62(80-7)34-30-53;1-5-17-13-16(14-19(20-17)24(4,21)23-6-2)8-7-15-9-11-18(22-3)12-10-15;1-15(2,3)21-14(20)19-7-5-4-6-13-12-17-9-8-16-10-11-18-13/h17-20,27-34,40-45,60H,13-16,35-39,46-49H2,1-12H3,(H,68,75);9-14H,5-6H2,1-4H3;13,16-18H,4-12H2,1-3H3,(H,19,20)/t60-,85?;;13-/m0.0/s1. The van der Waals surface area contributed by atoms with Gasteiger partial charge in [-0.25, -0.2) is 29.5 Å². The molecule has 0 spiro atoms. The summed E-state index contributed by atoms with van der Waals surface area (Å²) in [7, 11) is -7.09. The molecule has 2 saturated heterocycles. The molecule has 2 unspecified atom stereocenters. The summed E-state index contributed by atoms with van der Waals surface area (Å²) in [5.74, 6) is 28.4. The highest BCUT2D eigenvalue weighted by Gasteiger charge is 2.30. The predicted molar refractivity (Wildman–Crippen MR) is 527 cm³/mol. The van der Waals surface area contributed by atoms with Gasteiger partial charge in [-0.1, -0.05) is 84.8 Å². The Hall–Kier alpha value is -9.74. The molecule has 4 aromatic carbocycles. The summed E-state index contributed by atoms with van der Waals surface area (Å²) in [6, 6.07) is 46.2. The molecule has 2 amide bonds. The fourth-order valence-electron chi connectivity index (χ4n) is 13.9. The molecule has 25 nitrogen and oxygen atoms in total. The van der Waals surface area contributed by atoms with Crippen molar-refractivity contribution in [2.24, 2.45) is 0 Å². The summed E-state index contributed by atoms with van der Waals surface area (Å²) in [6.07, 6.45) is 5.39. The minimum atomic E-state index is -3.36. The van der Waals surface area contributed by atoms with Gasteiger partial charge < -0.3 is 68.4 Å². The van der Waals surface area contributed by atoms with Gasteiger partial charge in [0, 0.05) is 174 Å². The zero-order valence-electron chi connectivity index (χ0n) is 79.7. The van der Waals surface area contributed by atoms with E-state index in [0.717, 1.165) is 139 Å². The molecule has 698 valence electrons. The number of rotatable bonds is 28. The van der Waals surface area contributed by atoms with Crippen molar-refractivity contribution in [2.45, 2.75) is 157 Å². The summed E-state index contributed by atoms with van der Waals surface area (Å²) in [6.45, 7) is 40.1. The predicted octanol–water partition coefficient (Wildman–Crippen LogP) is 14.8. The van der Waals surface area contributed by atoms with Gasteiger partial charge in [-0.3, -0.25) is 23.8 Å². The van der Waals surface area contributed by atoms with E-state index in [9.17, 15) is 27.8 Å². The lowest BCUT2D eigenvalue weighted by atomic mass is 10.1. The zero-order valence-corrected chi connectivity index (χ0v) is 83.3. The highest BCUT2D eigenvalue weighted by atomic mass is 31.2. The van der Waals surface area contributed by atoms with Crippen molar-refractivity contribution < 1.29 is 60.6 Å². The van der Waals surface area contributed by atoms with Crippen LogP contribution in [-0.4, -0.2) is 223 Å². The van der Waals surface area contributed by atoms with Gasteiger partial charge in [-0.05, 0) is 255 Å². The fourth-order valence-corrected chi connectivity index (χ4v) is 18.1. The first kappa shape index (κ1) is 106.